The largest absolute Gasteiger partial charge is 0.330 e. The Balaban J connectivity index is 0.000000191. The van der Waals surface area contributed by atoms with E-state index in [1.165, 1.54) is 15.6 Å². The van der Waals surface area contributed by atoms with Gasteiger partial charge in [-0.25, -0.2) is 0 Å². The van der Waals surface area contributed by atoms with E-state index in [9.17, 15) is 0 Å². The summed E-state index contributed by atoms with van der Waals surface area (Å²) in [6.07, 6.45) is 3.29. The average Bonchev–Trinajstić information content (AvgIpc) is 2.47. The summed E-state index contributed by atoms with van der Waals surface area (Å²) >= 11 is 3.46. The fraction of sp³-hybridized carbons (Fsp3) is 0.294. The Bertz CT molecular complexity index is 454. The van der Waals surface area contributed by atoms with E-state index in [0.717, 1.165) is 25.8 Å². The molecule has 1 nitrogen and oxygen atoms in total. The van der Waals surface area contributed by atoms with Gasteiger partial charge in [-0.05, 0) is 43.0 Å². The highest BCUT2D eigenvalue weighted by Gasteiger charge is 1.91. The maximum Gasteiger partial charge on any atom is 0.0207 e. The summed E-state index contributed by atoms with van der Waals surface area (Å²) in [5, 5.41) is 0. The molecule has 0 aliphatic carbocycles. The van der Waals surface area contributed by atoms with Gasteiger partial charge < -0.3 is 5.73 Å². The van der Waals surface area contributed by atoms with Crippen LogP contribution >= 0.6 is 15.9 Å². The van der Waals surface area contributed by atoms with E-state index in [4.69, 9.17) is 5.73 Å². The summed E-state index contributed by atoms with van der Waals surface area (Å²) in [5.74, 6) is 0. The van der Waals surface area contributed by atoms with Gasteiger partial charge in [0.25, 0.3) is 0 Å². The maximum atomic E-state index is 5.38. The summed E-state index contributed by atoms with van der Waals surface area (Å²) < 4.78 is 1.22. The quantitative estimate of drug-likeness (QED) is 0.876. The first kappa shape index (κ1) is 15.9. The van der Waals surface area contributed by atoms with Gasteiger partial charge >= 0.3 is 0 Å². The Morgan fingerprint density at radius 1 is 0.947 bits per heavy atom. The zero-order valence-electron chi connectivity index (χ0n) is 11.5. The number of benzene rings is 2. The predicted molar refractivity (Wildman–Crippen MR) is 87.3 cm³/mol. The third kappa shape index (κ3) is 6.55. The Hall–Kier alpha value is -1.12. The second-order valence-electron chi connectivity index (χ2n) is 4.32. The SMILES string of the molecule is CCc1ccccc1Br.NCCCc1ccccc1. The van der Waals surface area contributed by atoms with Crippen LogP contribution in [0.2, 0.25) is 0 Å². The van der Waals surface area contributed by atoms with E-state index in [1.807, 2.05) is 12.1 Å². The Kier molecular flexibility index (Phi) is 8.19. The molecule has 0 spiro atoms. The molecule has 0 heterocycles. The highest BCUT2D eigenvalue weighted by atomic mass is 79.9. The number of halogens is 1. The van der Waals surface area contributed by atoms with Crippen LogP contribution in [0.3, 0.4) is 0 Å². The van der Waals surface area contributed by atoms with Crippen molar-refractivity contribution in [3.05, 3.63) is 70.2 Å². The lowest BCUT2D eigenvalue weighted by atomic mass is 10.1. The fourth-order valence-electron chi connectivity index (χ4n) is 1.74. The second kappa shape index (κ2) is 9.76. The van der Waals surface area contributed by atoms with E-state index in [2.05, 4.69) is 65.3 Å². The summed E-state index contributed by atoms with van der Waals surface area (Å²) in [4.78, 5) is 0. The molecule has 0 aliphatic heterocycles. The van der Waals surface area contributed by atoms with Crippen molar-refractivity contribution < 1.29 is 0 Å². The van der Waals surface area contributed by atoms with Crippen molar-refractivity contribution in [1.82, 2.24) is 0 Å². The highest BCUT2D eigenvalue weighted by molar-refractivity contribution is 9.10. The van der Waals surface area contributed by atoms with Crippen molar-refractivity contribution in [3.63, 3.8) is 0 Å². The zero-order valence-corrected chi connectivity index (χ0v) is 13.1. The van der Waals surface area contributed by atoms with E-state index < -0.39 is 0 Å². The van der Waals surface area contributed by atoms with Crippen molar-refractivity contribution in [1.29, 1.82) is 0 Å². The van der Waals surface area contributed by atoms with Gasteiger partial charge in [0.05, 0.1) is 0 Å². The number of nitrogens with two attached hydrogens (primary N) is 1. The van der Waals surface area contributed by atoms with E-state index in [1.54, 1.807) is 0 Å². The smallest absolute Gasteiger partial charge is 0.0207 e. The third-order valence-corrected chi connectivity index (χ3v) is 3.62. The summed E-state index contributed by atoms with van der Waals surface area (Å²) in [5.41, 5.74) is 8.13. The first-order valence-corrected chi connectivity index (χ1v) is 7.54. The monoisotopic (exact) mass is 319 g/mol. The first-order chi connectivity index (χ1) is 9.27. The van der Waals surface area contributed by atoms with Gasteiger partial charge in [0.15, 0.2) is 0 Å². The van der Waals surface area contributed by atoms with Gasteiger partial charge in [-0.15, -0.1) is 0 Å². The molecule has 0 amide bonds. The molecule has 102 valence electrons. The fourth-order valence-corrected chi connectivity index (χ4v) is 2.30. The Morgan fingerprint density at radius 3 is 2.11 bits per heavy atom. The van der Waals surface area contributed by atoms with Crippen LogP contribution in [0, 0.1) is 0 Å². The standard InChI is InChI=1S/C9H13N.C8H9Br/c10-8-4-7-9-5-2-1-3-6-9;1-2-7-5-3-4-6-8(7)9/h1-3,5-6H,4,7-8,10H2;3-6H,2H2,1H3. The molecule has 0 saturated heterocycles. The van der Waals surface area contributed by atoms with Crippen LogP contribution in [0.25, 0.3) is 0 Å². The molecule has 19 heavy (non-hydrogen) atoms. The van der Waals surface area contributed by atoms with Gasteiger partial charge in [-0.2, -0.15) is 0 Å². The van der Waals surface area contributed by atoms with Crippen molar-refractivity contribution in [2.75, 3.05) is 6.54 Å². The van der Waals surface area contributed by atoms with Gasteiger partial charge in [0.1, 0.15) is 0 Å². The van der Waals surface area contributed by atoms with Gasteiger partial charge in [-0.1, -0.05) is 71.4 Å². The molecule has 2 aromatic carbocycles. The molecule has 0 unspecified atom stereocenters. The van der Waals surface area contributed by atoms with Gasteiger partial charge in [-0.3, -0.25) is 0 Å². The third-order valence-electron chi connectivity index (χ3n) is 2.85. The molecule has 0 radical (unpaired) electrons. The number of aryl methyl sites for hydroxylation is 2. The molecule has 2 aromatic rings. The van der Waals surface area contributed by atoms with Crippen molar-refractivity contribution >= 4 is 15.9 Å². The maximum absolute atomic E-state index is 5.38. The molecular formula is C17H22BrN. The number of hydrogen-bond donors (Lipinski definition) is 1. The second-order valence-corrected chi connectivity index (χ2v) is 5.18. The van der Waals surface area contributed by atoms with Crippen LogP contribution in [0.5, 0.6) is 0 Å². The molecule has 0 saturated carbocycles. The highest BCUT2D eigenvalue weighted by Crippen LogP contribution is 2.15. The average molecular weight is 320 g/mol. The Labute approximate surface area is 125 Å². The molecule has 0 fully saturated rings. The van der Waals surface area contributed by atoms with Crippen LogP contribution in [-0.4, -0.2) is 6.54 Å². The normalized spacial score (nSPS) is 9.63. The van der Waals surface area contributed by atoms with E-state index in [-0.39, 0.29) is 0 Å². The summed E-state index contributed by atoms with van der Waals surface area (Å²) in [7, 11) is 0. The van der Waals surface area contributed by atoms with Crippen molar-refractivity contribution in [2.24, 2.45) is 5.73 Å². The van der Waals surface area contributed by atoms with Gasteiger partial charge in [0.2, 0.25) is 0 Å². The molecule has 0 aromatic heterocycles. The van der Waals surface area contributed by atoms with Crippen LogP contribution in [-0.2, 0) is 12.8 Å². The summed E-state index contributed by atoms with van der Waals surface area (Å²) in [6, 6.07) is 18.7. The minimum atomic E-state index is 0.787. The first-order valence-electron chi connectivity index (χ1n) is 6.75. The molecule has 2 N–H and O–H groups in total. The van der Waals surface area contributed by atoms with Gasteiger partial charge in [0, 0.05) is 4.47 Å². The lowest BCUT2D eigenvalue weighted by Crippen LogP contribution is -1.99. The minimum Gasteiger partial charge on any atom is -0.330 e. The van der Waals surface area contributed by atoms with Crippen LogP contribution in [0.4, 0.5) is 0 Å². The molecular weight excluding hydrogens is 298 g/mol. The van der Waals surface area contributed by atoms with Crippen molar-refractivity contribution in [3.8, 4) is 0 Å². The summed E-state index contributed by atoms with van der Waals surface area (Å²) in [6.45, 7) is 2.94. The zero-order chi connectivity index (χ0) is 13.9. The molecule has 0 aliphatic rings. The van der Waals surface area contributed by atoms with Crippen LogP contribution in [0.15, 0.2) is 59.1 Å². The van der Waals surface area contributed by atoms with Crippen LogP contribution in [0.1, 0.15) is 24.5 Å². The lowest BCUT2D eigenvalue weighted by molar-refractivity contribution is 0.833. The van der Waals surface area contributed by atoms with Crippen molar-refractivity contribution in [2.45, 2.75) is 26.2 Å². The van der Waals surface area contributed by atoms with E-state index >= 15 is 0 Å². The predicted octanol–water partition coefficient (Wildman–Crippen LogP) is 4.59. The lowest BCUT2D eigenvalue weighted by Gasteiger charge is -1.96. The van der Waals surface area contributed by atoms with Crippen LogP contribution < -0.4 is 5.73 Å². The molecule has 2 rings (SSSR count). The molecule has 0 bridgehead atoms. The van der Waals surface area contributed by atoms with E-state index in [0.29, 0.717) is 0 Å². The number of rotatable bonds is 4. The molecule has 2 heteroatoms. The Morgan fingerprint density at radius 2 is 1.58 bits per heavy atom. The minimum absolute atomic E-state index is 0.787. The number of hydrogen-bond acceptors (Lipinski definition) is 1. The molecule has 0 atom stereocenters. The topological polar surface area (TPSA) is 26.0 Å².